The van der Waals surface area contributed by atoms with Gasteiger partial charge in [0.25, 0.3) is 0 Å². The van der Waals surface area contributed by atoms with Gasteiger partial charge in [0.05, 0.1) is 6.10 Å². The van der Waals surface area contributed by atoms with Gasteiger partial charge in [-0.15, -0.1) is 0 Å². The van der Waals surface area contributed by atoms with Crippen molar-refractivity contribution in [1.82, 2.24) is 0 Å². The van der Waals surface area contributed by atoms with E-state index in [1.54, 1.807) is 0 Å². The first-order chi connectivity index (χ1) is 9.63. The van der Waals surface area contributed by atoms with Crippen LogP contribution in [0.3, 0.4) is 0 Å². The van der Waals surface area contributed by atoms with E-state index in [0.29, 0.717) is 0 Å². The Labute approximate surface area is 124 Å². The van der Waals surface area contributed by atoms with E-state index in [-0.39, 0.29) is 6.10 Å². The second-order valence-corrected chi connectivity index (χ2v) is 5.79. The summed E-state index contributed by atoms with van der Waals surface area (Å²) in [5, 5.41) is 4.11. The summed E-state index contributed by atoms with van der Waals surface area (Å²) in [5.74, 6) is 0.885. The van der Waals surface area contributed by atoms with Gasteiger partial charge < -0.3 is 10.1 Å². The van der Waals surface area contributed by atoms with E-state index in [0.717, 1.165) is 34.9 Å². The monoisotopic (exact) mass is 287 g/mol. The summed E-state index contributed by atoms with van der Waals surface area (Å²) in [7, 11) is 0. The van der Waals surface area contributed by atoms with Crippen molar-refractivity contribution >= 4 is 17.3 Å². The quantitative estimate of drug-likeness (QED) is 0.878. The van der Waals surface area contributed by atoms with Crippen LogP contribution in [0.2, 0.25) is 5.02 Å². The number of ether oxygens (including phenoxy) is 1. The summed E-state index contributed by atoms with van der Waals surface area (Å²) in [6.07, 6.45) is 1.22. The van der Waals surface area contributed by atoms with Gasteiger partial charge in [0.1, 0.15) is 5.75 Å². The Bertz CT molecular complexity index is 637. The molecule has 0 saturated heterocycles. The molecule has 3 rings (SSSR count). The Morgan fingerprint density at radius 2 is 2.00 bits per heavy atom. The summed E-state index contributed by atoms with van der Waals surface area (Å²) in [5.41, 5.74) is 4.81. The highest BCUT2D eigenvalue weighted by molar-refractivity contribution is 6.31. The minimum absolute atomic E-state index is 0.144. The standard InChI is InChI=1S/C17H18ClNO/c1-11(2)20-17-6-4-14(18)10-15(17)12-3-5-16-13(9-12)7-8-19-16/h3-6,9-11,19H,7-8H2,1-2H3. The molecule has 0 saturated carbocycles. The molecule has 0 fully saturated rings. The molecule has 1 heterocycles. The molecule has 1 aliphatic heterocycles. The number of anilines is 1. The highest BCUT2D eigenvalue weighted by Crippen LogP contribution is 2.36. The van der Waals surface area contributed by atoms with Crippen molar-refractivity contribution in [2.45, 2.75) is 26.4 Å². The van der Waals surface area contributed by atoms with Crippen molar-refractivity contribution in [3.63, 3.8) is 0 Å². The lowest BCUT2D eigenvalue weighted by atomic mass is 10.0. The molecule has 1 aliphatic rings. The average molecular weight is 288 g/mol. The number of halogens is 1. The van der Waals surface area contributed by atoms with E-state index < -0.39 is 0 Å². The van der Waals surface area contributed by atoms with Crippen LogP contribution in [0, 0.1) is 0 Å². The predicted octanol–water partition coefficient (Wildman–Crippen LogP) is 4.76. The maximum atomic E-state index is 6.15. The third-order valence-electron chi connectivity index (χ3n) is 3.43. The summed E-state index contributed by atoms with van der Waals surface area (Å²) >= 11 is 6.15. The summed E-state index contributed by atoms with van der Waals surface area (Å²) in [6.45, 7) is 5.08. The highest BCUT2D eigenvalue weighted by atomic mass is 35.5. The number of hydrogen-bond acceptors (Lipinski definition) is 2. The lowest BCUT2D eigenvalue weighted by molar-refractivity contribution is 0.243. The molecule has 0 atom stereocenters. The number of nitrogens with one attached hydrogen (secondary N) is 1. The fourth-order valence-corrected chi connectivity index (χ4v) is 2.73. The zero-order chi connectivity index (χ0) is 14.1. The van der Waals surface area contributed by atoms with Crippen molar-refractivity contribution in [1.29, 1.82) is 0 Å². The Morgan fingerprint density at radius 3 is 2.80 bits per heavy atom. The van der Waals surface area contributed by atoms with Crippen molar-refractivity contribution in [3.8, 4) is 16.9 Å². The molecule has 0 radical (unpaired) electrons. The summed E-state index contributed by atoms with van der Waals surface area (Å²) in [4.78, 5) is 0. The second-order valence-electron chi connectivity index (χ2n) is 5.36. The van der Waals surface area contributed by atoms with Crippen LogP contribution in [0.15, 0.2) is 36.4 Å². The minimum Gasteiger partial charge on any atom is -0.490 e. The van der Waals surface area contributed by atoms with Crippen molar-refractivity contribution in [3.05, 3.63) is 47.0 Å². The molecular weight excluding hydrogens is 270 g/mol. The van der Waals surface area contributed by atoms with Gasteiger partial charge in [-0.05, 0) is 61.7 Å². The first-order valence-electron chi connectivity index (χ1n) is 6.97. The lowest BCUT2D eigenvalue weighted by Crippen LogP contribution is -2.06. The van der Waals surface area contributed by atoms with Gasteiger partial charge in [0.2, 0.25) is 0 Å². The van der Waals surface area contributed by atoms with Crippen LogP contribution in [0.25, 0.3) is 11.1 Å². The molecule has 2 aromatic carbocycles. The minimum atomic E-state index is 0.144. The maximum absolute atomic E-state index is 6.15. The van der Waals surface area contributed by atoms with E-state index in [2.05, 4.69) is 23.5 Å². The van der Waals surface area contributed by atoms with E-state index in [1.165, 1.54) is 11.3 Å². The Hall–Kier alpha value is -1.67. The first-order valence-corrected chi connectivity index (χ1v) is 7.34. The zero-order valence-corrected chi connectivity index (χ0v) is 12.5. The van der Waals surface area contributed by atoms with Gasteiger partial charge in [-0.3, -0.25) is 0 Å². The summed E-state index contributed by atoms with van der Waals surface area (Å²) in [6, 6.07) is 12.3. The molecule has 3 heteroatoms. The normalized spacial score (nSPS) is 13.2. The fourth-order valence-electron chi connectivity index (χ4n) is 2.56. The molecule has 0 unspecified atom stereocenters. The van der Waals surface area contributed by atoms with Gasteiger partial charge in [-0.1, -0.05) is 17.7 Å². The van der Waals surface area contributed by atoms with Gasteiger partial charge in [-0.25, -0.2) is 0 Å². The smallest absolute Gasteiger partial charge is 0.127 e. The Balaban J connectivity index is 2.06. The molecule has 104 valence electrons. The SMILES string of the molecule is CC(C)Oc1ccc(Cl)cc1-c1ccc2c(c1)CCN2. The molecule has 20 heavy (non-hydrogen) atoms. The van der Waals surface area contributed by atoms with E-state index in [4.69, 9.17) is 16.3 Å². The van der Waals surface area contributed by atoms with Crippen LogP contribution in [-0.4, -0.2) is 12.6 Å². The molecule has 0 amide bonds. The van der Waals surface area contributed by atoms with Crippen molar-refractivity contribution in [2.75, 3.05) is 11.9 Å². The topological polar surface area (TPSA) is 21.3 Å². The first kappa shape index (κ1) is 13.3. The molecule has 1 N–H and O–H groups in total. The highest BCUT2D eigenvalue weighted by Gasteiger charge is 2.14. The molecular formula is C17H18ClNO. The van der Waals surface area contributed by atoms with Gasteiger partial charge in [0.15, 0.2) is 0 Å². The van der Waals surface area contributed by atoms with E-state index in [9.17, 15) is 0 Å². The van der Waals surface area contributed by atoms with E-state index in [1.807, 2.05) is 32.0 Å². The Kier molecular flexibility index (Phi) is 3.58. The molecule has 2 nitrogen and oxygen atoms in total. The number of benzene rings is 2. The van der Waals surface area contributed by atoms with E-state index >= 15 is 0 Å². The number of hydrogen-bond donors (Lipinski definition) is 1. The Morgan fingerprint density at radius 1 is 1.15 bits per heavy atom. The molecule has 0 aliphatic carbocycles. The van der Waals surface area contributed by atoms with Gasteiger partial charge in [-0.2, -0.15) is 0 Å². The van der Waals surface area contributed by atoms with Gasteiger partial charge >= 0.3 is 0 Å². The summed E-state index contributed by atoms with van der Waals surface area (Å²) < 4.78 is 5.90. The van der Waals surface area contributed by atoms with Crippen molar-refractivity contribution < 1.29 is 4.74 Å². The van der Waals surface area contributed by atoms with Gasteiger partial charge in [0, 0.05) is 22.8 Å². The third kappa shape index (κ3) is 2.61. The lowest BCUT2D eigenvalue weighted by Gasteiger charge is -2.15. The average Bonchev–Trinajstić information content (AvgIpc) is 2.87. The second kappa shape index (κ2) is 5.37. The van der Waals surface area contributed by atoms with Crippen LogP contribution >= 0.6 is 11.6 Å². The molecule has 2 aromatic rings. The predicted molar refractivity (Wildman–Crippen MR) is 84.8 cm³/mol. The number of rotatable bonds is 3. The molecule has 0 bridgehead atoms. The van der Waals surface area contributed by atoms with Crippen LogP contribution in [0.1, 0.15) is 19.4 Å². The molecule has 0 aromatic heterocycles. The van der Waals surface area contributed by atoms with Crippen LogP contribution < -0.4 is 10.1 Å². The third-order valence-corrected chi connectivity index (χ3v) is 3.67. The van der Waals surface area contributed by atoms with Crippen molar-refractivity contribution in [2.24, 2.45) is 0 Å². The maximum Gasteiger partial charge on any atom is 0.127 e. The zero-order valence-electron chi connectivity index (χ0n) is 11.7. The molecule has 0 spiro atoms. The van der Waals surface area contributed by atoms with Crippen LogP contribution in [-0.2, 0) is 6.42 Å². The number of fused-ring (bicyclic) bond motifs is 1. The largest absolute Gasteiger partial charge is 0.490 e. The van der Waals surface area contributed by atoms with Crippen LogP contribution in [0.5, 0.6) is 5.75 Å². The fraction of sp³-hybridized carbons (Fsp3) is 0.294. The van der Waals surface area contributed by atoms with Crippen LogP contribution in [0.4, 0.5) is 5.69 Å².